The Morgan fingerprint density at radius 2 is 1.71 bits per heavy atom. The summed E-state index contributed by atoms with van der Waals surface area (Å²) in [5, 5.41) is 11.5. The molecule has 4 amide bonds. The van der Waals surface area contributed by atoms with Gasteiger partial charge in [-0.2, -0.15) is 5.10 Å². The first-order chi connectivity index (χ1) is 39.7. The number of carbonyl (C=O) groups is 5. The van der Waals surface area contributed by atoms with Crippen molar-refractivity contribution in [3.8, 4) is 16.9 Å². The smallest absolute Gasteiger partial charge is 0.358 e. The maximum Gasteiger partial charge on any atom is 0.358 e. The van der Waals surface area contributed by atoms with Gasteiger partial charge in [0, 0.05) is 69.6 Å². The van der Waals surface area contributed by atoms with Crippen LogP contribution in [-0.2, 0) is 43.9 Å². The largest absolute Gasteiger partial charge is 0.493 e. The van der Waals surface area contributed by atoms with Gasteiger partial charge in [-0.05, 0) is 168 Å². The Hall–Kier alpha value is -7.39. The van der Waals surface area contributed by atoms with Crippen molar-refractivity contribution in [2.75, 3.05) is 61.2 Å². The van der Waals surface area contributed by atoms with Crippen LogP contribution in [0.1, 0.15) is 109 Å². The molecular formula is C63H74N10O8SSi. The minimum Gasteiger partial charge on any atom is -0.493 e. The summed E-state index contributed by atoms with van der Waals surface area (Å²) in [6, 6.07) is 26.2. The number of nitrogens with one attached hydrogen (secondary N) is 2. The van der Waals surface area contributed by atoms with E-state index in [1.54, 1.807) is 15.8 Å². The number of likely N-dealkylation sites (tertiary alicyclic amines) is 1. The van der Waals surface area contributed by atoms with E-state index in [-0.39, 0.29) is 47.9 Å². The lowest BCUT2D eigenvalue weighted by Gasteiger charge is -2.52. The van der Waals surface area contributed by atoms with Gasteiger partial charge in [0.25, 0.3) is 5.91 Å². The third-order valence-electron chi connectivity index (χ3n) is 16.6. The van der Waals surface area contributed by atoms with Crippen LogP contribution in [0.5, 0.6) is 5.75 Å². The Bertz CT molecular complexity index is 3610. The molecule has 83 heavy (non-hydrogen) atoms. The van der Waals surface area contributed by atoms with Crippen LogP contribution in [-0.4, -0.2) is 119 Å². The number of esters is 1. The number of rotatable bonds is 17. The van der Waals surface area contributed by atoms with Gasteiger partial charge in [0.05, 0.1) is 40.5 Å². The molecule has 1 aliphatic carbocycles. The number of amides is 4. The summed E-state index contributed by atoms with van der Waals surface area (Å²) in [4.78, 5) is 87.4. The highest BCUT2D eigenvalue weighted by molar-refractivity contribution is 7.22. The normalized spacial score (nSPS) is 17.5. The van der Waals surface area contributed by atoms with Crippen LogP contribution in [0.2, 0.25) is 25.7 Å². The number of hydrogen-bond donors (Lipinski definition) is 2. The van der Waals surface area contributed by atoms with Gasteiger partial charge in [0.1, 0.15) is 29.6 Å². The van der Waals surface area contributed by atoms with Crippen LogP contribution in [0.25, 0.3) is 32.2 Å². The minimum atomic E-state index is -1.39. The molecule has 3 fully saturated rings. The SMILES string of the molecule is Cc1c(OCC2CC3(CCN(CC(=O)Nc4ccc5c(C6CCC(=O)NC6=O)nn(C)c5c4)CC3)C2)cccc1-c1ccc(N2CCc3ccnc(C(=O)N(COCC[Si](C)(C)C)c4nc5ccccc5s4)c3C2)nc1C(=O)OC(C)(C)C. The highest BCUT2D eigenvalue weighted by Gasteiger charge is 2.46. The number of thiazole rings is 1. The van der Waals surface area contributed by atoms with Crippen molar-refractivity contribution < 1.29 is 38.2 Å². The summed E-state index contributed by atoms with van der Waals surface area (Å²) in [5.74, 6) is -0.254. The number of carbonyl (C=O) groups excluding carboxylic acids is 5. The van der Waals surface area contributed by atoms with E-state index < -0.39 is 25.6 Å². The maximum atomic E-state index is 14.8. The van der Waals surface area contributed by atoms with Crippen molar-refractivity contribution in [3.63, 3.8) is 0 Å². The van der Waals surface area contributed by atoms with Gasteiger partial charge in [0.2, 0.25) is 17.7 Å². The van der Waals surface area contributed by atoms with Crippen molar-refractivity contribution in [2.24, 2.45) is 18.4 Å². The lowest BCUT2D eigenvalue weighted by molar-refractivity contribution is -0.134. The Balaban J connectivity index is 0.728. The van der Waals surface area contributed by atoms with E-state index >= 15 is 0 Å². The lowest BCUT2D eigenvalue weighted by Crippen LogP contribution is -2.49. The van der Waals surface area contributed by atoms with Gasteiger partial charge in [-0.3, -0.25) is 44.0 Å². The number of benzene rings is 3. The number of hydrogen-bond acceptors (Lipinski definition) is 15. The minimum absolute atomic E-state index is 0.0488. The zero-order valence-corrected chi connectivity index (χ0v) is 50.6. The van der Waals surface area contributed by atoms with Gasteiger partial charge < -0.3 is 24.4 Å². The number of aromatic nitrogens is 5. The van der Waals surface area contributed by atoms with E-state index in [1.165, 1.54) is 11.3 Å². The molecule has 1 spiro atoms. The van der Waals surface area contributed by atoms with Crippen LogP contribution >= 0.6 is 11.3 Å². The first-order valence-corrected chi connectivity index (χ1v) is 33.5. The fourth-order valence-corrected chi connectivity index (χ4v) is 13.8. The summed E-state index contributed by atoms with van der Waals surface area (Å²) in [7, 11) is 0.427. The molecule has 2 N–H and O–H groups in total. The number of pyridine rings is 2. The molecule has 4 aromatic heterocycles. The molecule has 0 bridgehead atoms. The molecule has 11 rings (SSSR count). The number of aryl methyl sites for hydroxylation is 1. The van der Waals surface area contributed by atoms with E-state index in [0.29, 0.717) is 85.2 Å². The standard InChI is InChI=1S/C63H74N10O8SSi/c1-39-43(12-11-14-50(39)80-37-40-33-63(34-40)24-28-71(29-25-63)36-54(75)65-42-16-17-45-49(32-42)70(5)69-55(45)46-19-21-53(74)68-58(46)76)44-18-20-52(67-57(44)60(78)81-62(2,3)4)72-27-23-41-22-26-64-56(47(41)35-72)59(77)73(38-79-30-31-83(6,7)8)61-66-48-13-9-10-15-51(48)82-61/h9-18,20,22,26,32,40,46H,19,21,23-25,27-31,33-38H2,1-8H3,(H,65,75)(H,68,74,76). The van der Waals surface area contributed by atoms with E-state index in [4.69, 9.17) is 29.2 Å². The molecule has 7 heterocycles. The molecule has 18 nitrogen and oxygen atoms in total. The molecule has 3 aliphatic heterocycles. The second-order valence-electron chi connectivity index (χ2n) is 25.2. The third kappa shape index (κ3) is 12.8. The van der Waals surface area contributed by atoms with Crippen LogP contribution < -0.4 is 25.2 Å². The van der Waals surface area contributed by atoms with Crippen molar-refractivity contribution in [1.29, 1.82) is 0 Å². The molecule has 7 aromatic rings. The molecule has 2 saturated heterocycles. The predicted octanol–water partition coefficient (Wildman–Crippen LogP) is 10.5. The zero-order valence-electron chi connectivity index (χ0n) is 48.8. The summed E-state index contributed by atoms with van der Waals surface area (Å²) in [6.07, 6.45) is 7.20. The molecule has 0 radical (unpaired) electrons. The number of imide groups is 1. The van der Waals surface area contributed by atoms with E-state index in [2.05, 4.69) is 45.2 Å². The van der Waals surface area contributed by atoms with Crippen molar-refractivity contribution >= 4 is 86.8 Å². The second kappa shape index (κ2) is 23.3. The molecule has 20 heteroatoms. The summed E-state index contributed by atoms with van der Waals surface area (Å²) < 4.78 is 21.6. The maximum absolute atomic E-state index is 14.8. The molecule has 1 unspecified atom stereocenters. The van der Waals surface area contributed by atoms with Gasteiger partial charge >= 0.3 is 5.97 Å². The zero-order chi connectivity index (χ0) is 58.4. The van der Waals surface area contributed by atoms with Crippen LogP contribution in [0, 0.1) is 18.3 Å². The van der Waals surface area contributed by atoms with Crippen LogP contribution in [0.4, 0.5) is 16.6 Å². The number of fused-ring (bicyclic) bond motifs is 3. The fraction of sp³-hybridized carbons (Fsp3) is 0.444. The molecule has 4 aliphatic rings. The summed E-state index contributed by atoms with van der Waals surface area (Å²) >= 11 is 1.45. The monoisotopic (exact) mass is 1160 g/mol. The first-order valence-electron chi connectivity index (χ1n) is 28.9. The Morgan fingerprint density at radius 3 is 2.47 bits per heavy atom. The average Bonchev–Trinajstić information content (AvgIpc) is 4.27. The number of ether oxygens (including phenoxy) is 3. The van der Waals surface area contributed by atoms with Gasteiger partial charge in [0.15, 0.2) is 10.8 Å². The molecule has 434 valence electrons. The van der Waals surface area contributed by atoms with E-state index in [9.17, 15) is 24.0 Å². The van der Waals surface area contributed by atoms with Crippen LogP contribution in [0.15, 0.2) is 85.1 Å². The Labute approximate surface area is 489 Å². The number of para-hydroxylation sites is 1. The molecule has 1 atom stereocenters. The molecule has 1 saturated carbocycles. The molecular weight excluding hydrogens is 1080 g/mol. The second-order valence-corrected chi connectivity index (χ2v) is 31.8. The lowest BCUT2D eigenvalue weighted by atomic mass is 9.58. The third-order valence-corrected chi connectivity index (χ3v) is 19.4. The molecule has 3 aromatic carbocycles. The fourth-order valence-electron chi connectivity index (χ4n) is 12.1. The van der Waals surface area contributed by atoms with Gasteiger partial charge in [-0.15, -0.1) is 0 Å². The predicted molar refractivity (Wildman–Crippen MR) is 325 cm³/mol. The number of anilines is 3. The van der Waals surface area contributed by atoms with Crippen molar-refractivity contribution in [3.05, 3.63) is 119 Å². The van der Waals surface area contributed by atoms with Gasteiger partial charge in [-0.1, -0.05) is 55.2 Å². The van der Waals surface area contributed by atoms with Crippen LogP contribution in [0.3, 0.4) is 0 Å². The number of nitrogens with zero attached hydrogens (tertiary/aromatic N) is 8. The first kappa shape index (κ1) is 57.4. The average molecular weight is 1160 g/mol. The number of piperidine rings is 2. The highest BCUT2D eigenvalue weighted by Crippen LogP contribution is 2.53. The quantitative estimate of drug-likeness (QED) is 0.0286. The highest BCUT2D eigenvalue weighted by atomic mass is 32.1. The van der Waals surface area contributed by atoms with Crippen molar-refractivity contribution in [1.82, 2.24) is 34.9 Å². The summed E-state index contributed by atoms with van der Waals surface area (Å²) in [5.41, 5.74) is 7.10. The summed E-state index contributed by atoms with van der Waals surface area (Å²) in [6.45, 7) is 18.6. The Morgan fingerprint density at radius 1 is 0.916 bits per heavy atom. The Kier molecular flexibility index (Phi) is 16.1. The van der Waals surface area contributed by atoms with Crippen molar-refractivity contribution in [2.45, 2.75) is 116 Å². The van der Waals surface area contributed by atoms with Gasteiger partial charge in [-0.25, -0.2) is 14.8 Å². The topological polar surface area (TPSA) is 203 Å². The van der Waals surface area contributed by atoms with E-state index in [1.807, 2.05) is 114 Å². The van der Waals surface area contributed by atoms with E-state index in [0.717, 1.165) is 93.9 Å².